The predicted molar refractivity (Wildman–Crippen MR) is 65.4 cm³/mol. The highest BCUT2D eigenvalue weighted by Crippen LogP contribution is 2.32. The summed E-state index contributed by atoms with van der Waals surface area (Å²) in [6.07, 6.45) is 5.43. The summed E-state index contributed by atoms with van der Waals surface area (Å²) in [6.45, 7) is 2.12. The molecule has 1 aliphatic rings. The zero-order valence-corrected chi connectivity index (χ0v) is 9.78. The molecule has 1 aromatic rings. The van der Waals surface area contributed by atoms with Crippen LogP contribution in [-0.4, -0.2) is 12.5 Å². The smallest absolute Gasteiger partial charge is 0.207 e. The van der Waals surface area contributed by atoms with Gasteiger partial charge < -0.3 is 5.32 Å². The number of hydrogen-bond acceptors (Lipinski definition) is 1. The number of nitrogens with one attached hydrogen (secondary N) is 1. The number of carbonyl (C=O) groups excluding carboxylic acids is 1. The van der Waals surface area contributed by atoms with E-state index in [-0.39, 0.29) is 0 Å². The Morgan fingerprint density at radius 3 is 2.31 bits per heavy atom. The molecule has 0 saturated heterocycles. The third-order valence-corrected chi connectivity index (χ3v) is 3.58. The van der Waals surface area contributed by atoms with Crippen molar-refractivity contribution in [1.82, 2.24) is 5.32 Å². The maximum absolute atomic E-state index is 10.4. The van der Waals surface area contributed by atoms with Crippen LogP contribution in [0.1, 0.15) is 42.7 Å². The molecule has 0 unspecified atom stereocenters. The summed E-state index contributed by atoms with van der Waals surface area (Å²) in [5.41, 5.74) is 2.77. The SMILES string of the molecule is Cc1ccc(C2CCC(NC=O)CC2)cc1. The number of amides is 1. The second-order valence-corrected chi connectivity index (χ2v) is 4.74. The van der Waals surface area contributed by atoms with Crippen LogP contribution in [0.15, 0.2) is 24.3 Å². The first-order valence-electron chi connectivity index (χ1n) is 6.06. The summed E-state index contributed by atoms with van der Waals surface area (Å²) >= 11 is 0. The third-order valence-electron chi connectivity index (χ3n) is 3.58. The Morgan fingerprint density at radius 1 is 1.12 bits per heavy atom. The Balaban J connectivity index is 1.93. The van der Waals surface area contributed by atoms with E-state index in [1.165, 1.54) is 24.0 Å². The van der Waals surface area contributed by atoms with E-state index >= 15 is 0 Å². The second-order valence-electron chi connectivity index (χ2n) is 4.74. The van der Waals surface area contributed by atoms with E-state index in [4.69, 9.17) is 0 Å². The van der Waals surface area contributed by atoms with Gasteiger partial charge in [-0.1, -0.05) is 29.8 Å². The van der Waals surface area contributed by atoms with Crippen molar-refractivity contribution in [1.29, 1.82) is 0 Å². The Kier molecular flexibility index (Phi) is 3.60. The van der Waals surface area contributed by atoms with Gasteiger partial charge in [0.25, 0.3) is 0 Å². The molecule has 0 heterocycles. The molecule has 0 atom stereocenters. The average Bonchev–Trinajstić information content (AvgIpc) is 2.32. The van der Waals surface area contributed by atoms with E-state index in [2.05, 4.69) is 36.5 Å². The van der Waals surface area contributed by atoms with E-state index in [0.29, 0.717) is 12.0 Å². The van der Waals surface area contributed by atoms with Crippen molar-refractivity contribution >= 4 is 6.41 Å². The van der Waals surface area contributed by atoms with Crippen LogP contribution < -0.4 is 5.32 Å². The van der Waals surface area contributed by atoms with Crippen LogP contribution in [-0.2, 0) is 4.79 Å². The van der Waals surface area contributed by atoms with Gasteiger partial charge in [-0.3, -0.25) is 4.79 Å². The van der Waals surface area contributed by atoms with Crippen LogP contribution in [0.5, 0.6) is 0 Å². The Bertz CT molecular complexity index is 336. The van der Waals surface area contributed by atoms with Gasteiger partial charge in [-0.25, -0.2) is 0 Å². The molecular formula is C14H19NO. The van der Waals surface area contributed by atoms with Gasteiger partial charge in [0, 0.05) is 6.04 Å². The van der Waals surface area contributed by atoms with Gasteiger partial charge in [0.1, 0.15) is 0 Å². The van der Waals surface area contributed by atoms with Gasteiger partial charge in [-0.2, -0.15) is 0 Å². The van der Waals surface area contributed by atoms with Crippen LogP contribution in [0.25, 0.3) is 0 Å². The van der Waals surface area contributed by atoms with Gasteiger partial charge in [0.2, 0.25) is 6.41 Å². The van der Waals surface area contributed by atoms with Crippen LogP contribution in [0.2, 0.25) is 0 Å². The number of aryl methyl sites for hydroxylation is 1. The van der Waals surface area contributed by atoms with Crippen molar-refractivity contribution in [2.24, 2.45) is 0 Å². The number of carbonyl (C=O) groups is 1. The topological polar surface area (TPSA) is 29.1 Å². The quantitative estimate of drug-likeness (QED) is 0.775. The summed E-state index contributed by atoms with van der Waals surface area (Å²) in [5.74, 6) is 0.685. The molecule has 1 aliphatic carbocycles. The van der Waals surface area contributed by atoms with Crippen molar-refractivity contribution < 1.29 is 4.79 Å². The van der Waals surface area contributed by atoms with E-state index < -0.39 is 0 Å². The molecule has 0 spiro atoms. The molecule has 86 valence electrons. The lowest BCUT2D eigenvalue weighted by Gasteiger charge is -2.28. The van der Waals surface area contributed by atoms with Crippen LogP contribution in [0.3, 0.4) is 0 Å². The molecule has 1 aromatic carbocycles. The lowest BCUT2D eigenvalue weighted by molar-refractivity contribution is -0.110. The van der Waals surface area contributed by atoms with Crippen molar-refractivity contribution in [2.75, 3.05) is 0 Å². The normalized spacial score (nSPS) is 25.1. The molecule has 1 N–H and O–H groups in total. The molecule has 0 bridgehead atoms. The third kappa shape index (κ3) is 2.63. The maximum Gasteiger partial charge on any atom is 0.207 e. The molecule has 1 fully saturated rings. The highest BCUT2D eigenvalue weighted by molar-refractivity contribution is 5.46. The van der Waals surface area contributed by atoms with E-state index in [0.717, 1.165) is 19.3 Å². The Labute approximate surface area is 97.1 Å². The second kappa shape index (κ2) is 5.15. The average molecular weight is 217 g/mol. The fraction of sp³-hybridized carbons (Fsp3) is 0.500. The van der Waals surface area contributed by atoms with Crippen molar-refractivity contribution in [3.8, 4) is 0 Å². The zero-order chi connectivity index (χ0) is 11.4. The fourth-order valence-electron chi connectivity index (χ4n) is 2.53. The minimum Gasteiger partial charge on any atom is -0.356 e. The van der Waals surface area contributed by atoms with Crippen molar-refractivity contribution in [2.45, 2.75) is 44.6 Å². The van der Waals surface area contributed by atoms with Crippen molar-refractivity contribution in [3.63, 3.8) is 0 Å². The Hall–Kier alpha value is -1.31. The minimum atomic E-state index is 0.402. The summed E-state index contributed by atoms with van der Waals surface area (Å²) in [4.78, 5) is 10.4. The molecular weight excluding hydrogens is 198 g/mol. The summed E-state index contributed by atoms with van der Waals surface area (Å²) < 4.78 is 0. The number of benzene rings is 1. The zero-order valence-electron chi connectivity index (χ0n) is 9.78. The van der Waals surface area contributed by atoms with E-state index in [1.54, 1.807) is 0 Å². The summed E-state index contributed by atoms with van der Waals surface area (Å²) in [7, 11) is 0. The molecule has 1 saturated carbocycles. The lowest BCUT2D eigenvalue weighted by atomic mass is 9.81. The van der Waals surface area contributed by atoms with E-state index in [1.807, 2.05) is 0 Å². The molecule has 1 amide bonds. The first-order valence-corrected chi connectivity index (χ1v) is 6.06. The number of hydrogen-bond donors (Lipinski definition) is 1. The van der Waals surface area contributed by atoms with Crippen LogP contribution >= 0.6 is 0 Å². The molecule has 0 aliphatic heterocycles. The summed E-state index contributed by atoms with van der Waals surface area (Å²) in [6, 6.07) is 9.26. The Morgan fingerprint density at radius 2 is 1.75 bits per heavy atom. The predicted octanol–water partition coefficient (Wildman–Crippen LogP) is 2.77. The molecule has 16 heavy (non-hydrogen) atoms. The minimum absolute atomic E-state index is 0.402. The van der Waals surface area contributed by atoms with E-state index in [9.17, 15) is 4.79 Å². The first kappa shape index (κ1) is 11.2. The summed E-state index contributed by atoms with van der Waals surface area (Å²) in [5, 5.41) is 2.89. The largest absolute Gasteiger partial charge is 0.356 e. The lowest BCUT2D eigenvalue weighted by Crippen LogP contribution is -2.31. The molecule has 2 heteroatoms. The fourth-order valence-corrected chi connectivity index (χ4v) is 2.53. The first-order chi connectivity index (χ1) is 7.79. The van der Waals surface area contributed by atoms with Crippen molar-refractivity contribution in [3.05, 3.63) is 35.4 Å². The van der Waals surface area contributed by atoms with Crippen LogP contribution in [0.4, 0.5) is 0 Å². The van der Waals surface area contributed by atoms with Crippen LogP contribution in [0, 0.1) is 6.92 Å². The molecule has 0 aromatic heterocycles. The standard InChI is InChI=1S/C14H19NO/c1-11-2-4-12(5-3-11)13-6-8-14(9-7-13)15-10-16/h2-5,10,13-14H,6-9H2,1H3,(H,15,16). The van der Waals surface area contributed by atoms with Gasteiger partial charge in [-0.05, 0) is 44.1 Å². The maximum atomic E-state index is 10.4. The van der Waals surface area contributed by atoms with Gasteiger partial charge in [-0.15, -0.1) is 0 Å². The molecule has 0 radical (unpaired) electrons. The molecule has 2 rings (SSSR count). The highest BCUT2D eigenvalue weighted by Gasteiger charge is 2.21. The highest BCUT2D eigenvalue weighted by atomic mass is 16.1. The number of rotatable bonds is 3. The molecule has 2 nitrogen and oxygen atoms in total. The van der Waals surface area contributed by atoms with Gasteiger partial charge in [0.05, 0.1) is 0 Å². The monoisotopic (exact) mass is 217 g/mol. The van der Waals surface area contributed by atoms with Gasteiger partial charge in [0.15, 0.2) is 0 Å². The van der Waals surface area contributed by atoms with Gasteiger partial charge >= 0.3 is 0 Å².